The van der Waals surface area contributed by atoms with E-state index in [1.807, 2.05) is 18.6 Å². The minimum atomic E-state index is -4.67. The van der Waals surface area contributed by atoms with Gasteiger partial charge in [0, 0.05) is 35.3 Å². The molecule has 1 saturated carbocycles. The summed E-state index contributed by atoms with van der Waals surface area (Å²) < 4.78 is 79.6. The summed E-state index contributed by atoms with van der Waals surface area (Å²) in [6.07, 6.45) is -0.580. The van der Waals surface area contributed by atoms with Crippen LogP contribution in [0.3, 0.4) is 0 Å². The quantitative estimate of drug-likeness (QED) is 0.328. The van der Waals surface area contributed by atoms with E-state index in [1.165, 1.54) is 10.6 Å². The number of anilines is 2. The van der Waals surface area contributed by atoms with Crippen LogP contribution < -0.4 is 15.6 Å². The van der Waals surface area contributed by atoms with Gasteiger partial charge in [0.1, 0.15) is 11.5 Å². The zero-order chi connectivity index (χ0) is 30.1. The van der Waals surface area contributed by atoms with Gasteiger partial charge in [-0.05, 0) is 77.4 Å². The first-order chi connectivity index (χ1) is 19.1. The second-order valence-electron chi connectivity index (χ2n) is 10.9. The second-order valence-corrected chi connectivity index (χ2v) is 12.7. The van der Waals surface area contributed by atoms with Gasteiger partial charge in [0.25, 0.3) is 5.56 Å². The predicted octanol–water partition coefficient (Wildman–Crippen LogP) is 5.16. The maximum atomic E-state index is 14.9. The first-order valence-electron chi connectivity index (χ1n) is 13.4. The van der Waals surface area contributed by atoms with E-state index in [2.05, 4.69) is 34.3 Å². The average Bonchev–Trinajstić information content (AvgIpc) is 2.88. The second kappa shape index (κ2) is 11.9. The Labute approximate surface area is 236 Å². The van der Waals surface area contributed by atoms with Gasteiger partial charge < -0.3 is 10.2 Å². The summed E-state index contributed by atoms with van der Waals surface area (Å²) in [7, 11) is -0.284. The molecule has 0 atom stereocenters. The molecule has 2 aromatic heterocycles. The highest BCUT2D eigenvalue weighted by Crippen LogP contribution is 2.28. The molecule has 0 saturated heterocycles. The number of aromatic nitrogens is 3. The van der Waals surface area contributed by atoms with E-state index in [1.54, 1.807) is 12.3 Å². The topological polar surface area (TPSA) is 109 Å². The van der Waals surface area contributed by atoms with Crippen molar-refractivity contribution in [2.24, 2.45) is 0 Å². The molecule has 0 spiro atoms. The van der Waals surface area contributed by atoms with Crippen molar-refractivity contribution in [1.29, 1.82) is 0 Å². The van der Waals surface area contributed by atoms with Gasteiger partial charge >= 0.3 is 6.18 Å². The average molecular weight is 599 g/mol. The third kappa shape index (κ3) is 7.53. The Morgan fingerprint density at radius 2 is 1.80 bits per heavy atom. The fourth-order valence-corrected chi connectivity index (χ4v) is 6.13. The molecule has 2 N–H and O–H groups in total. The first-order valence-corrected chi connectivity index (χ1v) is 15.0. The van der Waals surface area contributed by atoms with Crippen LogP contribution in [0.5, 0.6) is 0 Å². The SMILES string of the molecule is CC(C)n1c(=O)c(-c2ccc(NS(=O)(=O)CCC(F)(F)F)c(F)c2)cc2cnc(N[C@H]3CC[C@H](N(C)C)CC3)nc21. The van der Waals surface area contributed by atoms with Crippen LogP contribution in [0.2, 0.25) is 0 Å². The third-order valence-corrected chi connectivity index (χ3v) is 8.52. The van der Waals surface area contributed by atoms with E-state index in [0.717, 1.165) is 37.8 Å². The van der Waals surface area contributed by atoms with Crippen molar-refractivity contribution in [3.63, 3.8) is 0 Å². The highest BCUT2D eigenvalue weighted by molar-refractivity contribution is 7.92. The van der Waals surface area contributed by atoms with Crippen LogP contribution in [0.15, 0.2) is 35.3 Å². The van der Waals surface area contributed by atoms with Gasteiger partial charge in [0.05, 0.1) is 17.9 Å². The van der Waals surface area contributed by atoms with Gasteiger partial charge in [0.2, 0.25) is 16.0 Å². The zero-order valence-electron chi connectivity index (χ0n) is 23.3. The number of nitrogens with zero attached hydrogens (tertiary/aromatic N) is 4. The molecule has 2 heterocycles. The molecule has 1 fully saturated rings. The number of benzene rings is 1. The van der Waals surface area contributed by atoms with Gasteiger partial charge in [-0.25, -0.2) is 17.8 Å². The highest BCUT2D eigenvalue weighted by atomic mass is 32.2. The van der Waals surface area contributed by atoms with E-state index in [-0.39, 0.29) is 23.2 Å². The van der Waals surface area contributed by atoms with Crippen LogP contribution in [0.4, 0.5) is 29.2 Å². The molecule has 1 aliphatic carbocycles. The molecule has 0 radical (unpaired) electrons. The van der Waals surface area contributed by atoms with Crippen molar-refractivity contribution in [1.82, 2.24) is 19.4 Å². The number of alkyl halides is 3. The lowest BCUT2D eigenvalue weighted by atomic mass is 9.91. The molecule has 3 aromatic rings. The van der Waals surface area contributed by atoms with Gasteiger partial charge in [-0.15, -0.1) is 0 Å². The van der Waals surface area contributed by atoms with Crippen LogP contribution in [0.1, 0.15) is 52.0 Å². The molecule has 4 rings (SSSR count). The normalized spacial score (nSPS) is 18.3. The van der Waals surface area contributed by atoms with E-state index >= 15 is 0 Å². The van der Waals surface area contributed by atoms with Crippen molar-refractivity contribution in [2.45, 2.75) is 70.3 Å². The van der Waals surface area contributed by atoms with Crippen LogP contribution in [0.25, 0.3) is 22.2 Å². The molecule has 224 valence electrons. The van der Waals surface area contributed by atoms with Gasteiger partial charge in [-0.2, -0.15) is 18.2 Å². The van der Waals surface area contributed by atoms with Crippen LogP contribution in [0, 0.1) is 5.82 Å². The minimum absolute atomic E-state index is 0.142. The standard InChI is InChI=1S/C27H34F4N6O3S/c1-16(2)37-24-18(15-32-26(34-24)33-19-6-8-20(9-7-19)36(3)4)13-21(25(37)38)17-5-10-23(22(28)14-17)35-41(39,40)12-11-27(29,30)31/h5,10,13-16,19-20,35H,6-9,11-12H2,1-4H3,(H,32,33,34)/t19-,20-. The summed E-state index contributed by atoms with van der Waals surface area (Å²) >= 11 is 0. The Balaban J connectivity index is 1.61. The van der Waals surface area contributed by atoms with E-state index in [0.29, 0.717) is 23.0 Å². The molecule has 0 bridgehead atoms. The Morgan fingerprint density at radius 3 is 2.39 bits per heavy atom. The maximum Gasteiger partial charge on any atom is 0.390 e. The monoisotopic (exact) mass is 598 g/mol. The molecular weight excluding hydrogens is 564 g/mol. The third-order valence-electron chi connectivity index (χ3n) is 7.25. The molecule has 0 amide bonds. The Kier molecular flexibility index (Phi) is 8.93. The van der Waals surface area contributed by atoms with E-state index in [9.17, 15) is 30.8 Å². The molecule has 0 unspecified atom stereocenters. The zero-order valence-corrected chi connectivity index (χ0v) is 24.1. The summed E-state index contributed by atoms with van der Waals surface area (Å²) in [5, 5.41) is 3.94. The lowest BCUT2D eigenvalue weighted by Crippen LogP contribution is -2.36. The Morgan fingerprint density at radius 1 is 1.12 bits per heavy atom. The number of pyridine rings is 1. The predicted molar refractivity (Wildman–Crippen MR) is 151 cm³/mol. The molecule has 1 aromatic carbocycles. The number of hydrogen-bond donors (Lipinski definition) is 2. The summed E-state index contributed by atoms with van der Waals surface area (Å²) in [5.41, 5.74) is -0.214. The smallest absolute Gasteiger partial charge is 0.351 e. The summed E-state index contributed by atoms with van der Waals surface area (Å²) in [5.74, 6) is -1.86. The van der Waals surface area contributed by atoms with Gasteiger partial charge in [0.15, 0.2) is 0 Å². The van der Waals surface area contributed by atoms with Crippen LogP contribution in [-0.4, -0.2) is 66.0 Å². The molecule has 41 heavy (non-hydrogen) atoms. The Bertz CT molecular complexity index is 1570. The number of rotatable bonds is 9. The molecule has 9 nitrogen and oxygen atoms in total. The summed E-state index contributed by atoms with van der Waals surface area (Å²) in [6, 6.07) is 5.39. The number of halogens is 4. The van der Waals surface area contributed by atoms with Crippen molar-refractivity contribution in [2.75, 3.05) is 29.9 Å². The summed E-state index contributed by atoms with van der Waals surface area (Å²) in [4.78, 5) is 24.9. The van der Waals surface area contributed by atoms with Crippen molar-refractivity contribution >= 4 is 32.7 Å². The fourth-order valence-electron chi connectivity index (χ4n) is 5.03. The lowest BCUT2D eigenvalue weighted by Gasteiger charge is -2.33. The van der Waals surface area contributed by atoms with Crippen molar-refractivity contribution in [3.05, 3.63) is 46.6 Å². The first kappa shape index (κ1) is 30.7. The largest absolute Gasteiger partial charge is 0.390 e. The molecular formula is C27H34F4N6O3S. The number of sulfonamides is 1. The highest BCUT2D eigenvalue weighted by Gasteiger charge is 2.30. The van der Waals surface area contributed by atoms with Gasteiger partial charge in [-0.1, -0.05) is 6.07 Å². The summed E-state index contributed by atoms with van der Waals surface area (Å²) in [6.45, 7) is 3.64. The van der Waals surface area contributed by atoms with Crippen molar-refractivity contribution in [3.8, 4) is 11.1 Å². The van der Waals surface area contributed by atoms with E-state index < -0.39 is 45.4 Å². The Hall–Kier alpha value is -3.26. The molecule has 1 aliphatic rings. The fraction of sp³-hybridized carbons (Fsp3) is 0.519. The number of hydrogen-bond acceptors (Lipinski definition) is 7. The molecule has 14 heteroatoms. The minimum Gasteiger partial charge on any atom is -0.351 e. The van der Waals surface area contributed by atoms with Gasteiger partial charge in [-0.3, -0.25) is 14.1 Å². The maximum absolute atomic E-state index is 14.9. The number of nitrogens with one attached hydrogen (secondary N) is 2. The van der Waals surface area contributed by atoms with Crippen LogP contribution in [-0.2, 0) is 10.0 Å². The van der Waals surface area contributed by atoms with Crippen molar-refractivity contribution < 1.29 is 26.0 Å². The molecule has 0 aliphatic heterocycles. The lowest BCUT2D eigenvalue weighted by molar-refractivity contribution is -0.129. The van der Waals surface area contributed by atoms with E-state index in [4.69, 9.17) is 0 Å². The van der Waals surface area contributed by atoms with Crippen LogP contribution >= 0.6 is 0 Å². The number of fused-ring (bicyclic) bond motifs is 1.